The second-order valence-electron chi connectivity index (χ2n) is 5.76. The molecule has 0 bridgehead atoms. The second kappa shape index (κ2) is 7.46. The van der Waals surface area contributed by atoms with Gasteiger partial charge in [-0.3, -0.25) is 4.79 Å². The standard InChI is InChI=1S/C17H24O4/c1-12(2)20-15-6-4-13(5-7-15)17(18)21-16-10-8-14(19-3)9-11-16/h8-13,15H,4-7H2,1-3H3. The van der Waals surface area contributed by atoms with E-state index in [1.807, 2.05) is 13.8 Å². The lowest BCUT2D eigenvalue weighted by molar-refractivity contribution is -0.141. The predicted octanol–water partition coefficient (Wildman–Crippen LogP) is 3.58. The van der Waals surface area contributed by atoms with Crippen LogP contribution in [0.5, 0.6) is 11.5 Å². The highest BCUT2D eigenvalue weighted by atomic mass is 16.5. The van der Waals surface area contributed by atoms with Crippen LogP contribution in [-0.2, 0) is 9.53 Å². The Morgan fingerprint density at radius 3 is 2.14 bits per heavy atom. The van der Waals surface area contributed by atoms with E-state index in [1.165, 1.54) is 0 Å². The van der Waals surface area contributed by atoms with Crippen molar-refractivity contribution in [1.29, 1.82) is 0 Å². The Hall–Kier alpha value is -1.55. The second-order valence-corrected chi connectivity index (χ2v) is 5.76. The summed E-state index contributed by atoms with van der Waals surface area (Å²) < 4.78 is 16.3. The summed E-state index contributed by atoms with van der Waals surface area (Å²) in [5.41, 5.74) is 0. The van der Waals surface area contributed by atoms with Gasteiger partial charge in [-0.2, -0.15) is 0 Å². The topological polar surface area (TPSA) is 44.8 Å². The maximum absolute atomic E-state index is 12.2. The third-order valence-electron chi connectivity index (χ3n) is 3.75. The third kappa shape index (κ3) is 4.74. The van der Waals surface area contributed by atoms with Gasteiger partial charge in [0, 0.05) is 0 Å². The molecule has 1 fully saturated rings. The van der Waals surface area contributed by atoms with Gasteiger partial charge in [-0.05, 0) is 63.8 Å². The van der Waals surface area contributed by atoms with Crippen LogP contribution < -0.4 is 9.47 Å². The van der Waals surface area contributed by atoms with E-state index in [0.717, 1.165) is 31.4 Å². The summed E-state index contributed by atoms with van der Waals surface area (Å²) in [7, 11) is 1.61. The van der Waals surface area contributed by atoms with E-state index < -0.39 is 0 Å². The minimum atomic E-state index is -0.136. The number of rotatable bonds is 5. The van der Waals surface area contributed by atoms with Crippen molar-refractivity contribution in [2.45, 2.75) is 51.7 Å². The van der Waals surface area contributed by atoms with E-state index in [9.17, 15) is 4.79 Å². The molecule has 0 spiro atoms. The highest BCUT2D eigenvalue weighted by molar-refractivity contribution is 5.75. The summed E-state index contributed by atoms with van der Waals surface area (Å²) in [6, 6.07) is 7.08. The van der Waals surface area contributed by atoms with Crippen LogP contribution in [0.2, 0.25) is 0 Å². The molecule has 1 saturated carbocycles. The Bertz CT molecular complexity index is 444. The number of hydrogen-bond acceptors (Lipinski definition) is 4. The summed E-state index contributed by atoms with van der Waals surface area (Å²) in [5, 5.41) is 0. The first-order valence-corrected chi connectivity index (χ1v) is 7.59. The van der Waals surface area contributed by atoms with Gasteiger partial charge >= 0.3 is 5.97 Å². The monoisotopic (exact) mass is 292 g/mol. The molecular formula is C17H24O4. The van der Waals surface area contributed by atoms with Crippen LogP contribution in [0.1, 0.15) is 39.5 Å². The van der Waals surface area contributed by atoms with Gasteiger partial charge in [0.2, 0.25) is 0 Å². The lowest BCUT2D eigenvalue weighted by atomic mass is 9.87. The zero-order valence-electron chi connectivity index (χ0n) is 13.0. The van der Waals surface area contributed by atoms with E-state index in [4.69, 9.17) is 14.2 Å². The molecule has 4 nitrogen and oxygen atoms in total. The SMILES string of the molecule is COc1ccc(OC(=O)C2CCC(OC(C)C)CC2)cc1. The fourth-order valence-electron chi connectivity index (χ4n) is 2.66. The smallest absolute Gasteiger partial charge is 0.314 e. The largest absolute Gasteiger partial charge is 0.497 e. The van der Waals surface area contributed by atoms with E-state index in [2.05, 4.69) is 0 Å². The molecule has 0 aliphatic heterocycles. The normalized spacial score (nSPS) is 22.1. The maximum atomic E-state index is 12.2. The molecule has 1 aliphatic rings. The van der Waals surface area contributed by atoms with Gasteiger partial charge in [0.05, 0.1) is 25.2 Å². The van der Waals surface area contributed by atoms with Crippen LogP contribution in [-0.4, -0.2) is 25.3 Å². The number of methoxy groups -OCH3 is 1. The number of benzene rings is 1. The molecule has 0 N–H and O–H groups in total. The van der Waals surface area contributed by atoms with Crippen molar-refractivity contribution in [3.63, 3.8) is 0 Å². The highest BCUT2D eigenvalue weighted by Gasteiger charge is 2.28. The summed E-state index contributed by atoms with van der Waals surface area (Å²) >= 11 is 0. The number of hydrogen-bond donors (Lipinski definition) is 0. The Balaban J connectivity index is 1.81. The fourth-order valence-corrected chi connectivity index (χ4v) is 2.66. The van der Waals surface area contributed by atoms with Gasteiger partial charge in [-0.25, -0.2) is 0 Å². The van der Waals surface area contributed by atoms with E-state index in [1.54, 1.807) is 31.4 Å². The van der Waals surface area contributed by atoms with Gasteiger partial charge in [-0.15, -0.1) is 0 Å². The number of carbonyl (C=O) groups excluding carboxylic acids is 1. The van der Waals surface area contributed by atoms with Crippen molar-refractivity contribution >= 4 is 5.97 Å². The van der Waals surface area contributed by atoms with Crippen LogP contribution in [0.3, 0.4) is 0 Å². The van der Waals surface area contributed by atoms with Crippen LogP contribution >= 0.6 is 0 Å². The van der Waals surface area contributed by atoms with Gasteiger partial charge in [0.1, 0.15) is 11.5 Å². The molecule has 1 aliphatic carbocycles. The molecule has 4 heteroatoms. The van der Waals surface area contributed by atoms with Crippen LogP contribution in [0.4, 0.5) is 0 Å². The molecule has 0 saturated heterocycles. The predicted molar refractivity (Wildman–Crippen MR) is 80.6 cm³/mol. The highest BCUT2D eigenvalue weighted by Crippen LogP contribution is 2.28. The number of esters is 1. The van der Waals surface area contributed by atoms with Crippen molar-refractivity contribution < 1.29 is 19.0 Å². The van der Waals surface area contributed by atoms with Crippen molar-refractivity contribution in [2.24, 2.45) is 5.92 Å². The number of ether oxygens (including phenoxy) is 3. The summed E-state index contributed by atoms with van der Waals surface area (Å²) in [4.78, 5) is 12.2. The van der Waals surface area contributed by atoms with Gasteiger partial charge in [-0.1, -0.05) is 0 Å². The molecule has 0 unspecified atom stereocenters. The maximum Gasteiger partial charge on any atom is 0.314 e. The van der Waals surface area contributed by atoms with Gasteiger partial charge in [0.25, 0.3) is 0 Å². The first-order valence-electron chi connectivity index (χ1n) is 7.59. The lowest BCUT2D eigenvalue weighted by Crippen LogP contribution is -2.30. The molecule has 0 atom stereocenters. The van der Waals surface area contributed by atoms with Crippen molar-refractivity contribution in [3.05, 3.63) is 24.3 Å². The summed E-state index contributed by atoms with van der Waals surface area (Å²) in [6.07, 6.45) is 4.08. The molecule has 2 rings (SSSR count). The molecule has 116 valence electrons. The minimum Gasteiger partial charge on any atom is -0.497 e. The molecule has 0 aromatic heterocycles. The Kier molecular flexibility index (Phi) is 5.62. The minimum absolute atomic E-state index is 0.0147. The summed E-state index contributed by atoms with van der Waals surface area (Å²) in [6.45, 7) is 4.09. The zero-order chi connectivity index (χ0) is 15.2. The Morgan fingerprint density at radius 2 is 1.62 bits per heavy atom. The molecule has 21 heavy (non-hydrogen) atoms. The molecular weight excluding hydrogens is 268 g/mol. The summed E-state index contributed by atoms with van der Waals surface area (Å²) in [5.74, 6) is 1.17. The van der Waals surface area contributed by atoms with Crippen LogP contribution in [0, 0.1) is 5.92 Å². The Morgan fingerprint density at radius 1 is 1.05 bits per heavy atom. The van der Waals surface area contributed by atoms with Crippen LogP contribution in [0.25, 0.3) is 0 Å². The van der Waals surface area contributed by atoms with E-state index in [-0.39, 0.29) is 24.1 Å². The Labute approximate surface area is 126 Å². The third-order valence-corrected chi connectivity index (χ3v) is 3.75. The van der Waals surface area contributed by atoms with Gasteiger partial charge < -0.3 is 14.2 Å². The van der Waals surface area contributed by atoms with Gasteiger partial charge in [0.15, 0.2) is 0 Å². The molecule has 0 heterocycles. The van der Waals surface area contributed by atoms with Crippen LogP contribution in [0.15, 0.2) is 24.3 Å². The lowest BCUT2D eigenvalue weighted by Gasteiger charge is -2.28. The molecule has 0 radical (unpaired) electrons. The zero-order valence-corrected chi connectivity index (χ0v) is 13.0. The fraction of sp³-hybridized carbons (Fsp3) is 0.588. The number of carbonyl (C=O) groups is 1. The quantitative estimate of drug-likeness (QED) is 0.614. The van der Waals surface area contributed by atoms with E-state index >= 15 is 0 Å². The average Bonchev–Trinajstić information content (AvgIpc) is 2.48. The average molecular weight is 292 g/mol. The first kappa shape index (κ1) is 15.8. The van der Waals surface area contributed by atoms with Crippen molar-refractivity contribution in [2.75, 3.05) is 7.11 Å². The molecule has 1 aromatic rings. The molecule has 1 aromatic carbocycles. The van der Waals surface area contributed by atoms with Crippen molar-refractivity contribution in [3.8, 4) is 11.5 Å². The first-order chi connectivity index (χ1) is 10.1. The van der Waals surface area contributed by atoms with E-state index in [0.29, 0.717) is 5.75 Å². The van der Waals surface area contributed by atoms with Crippen molar-refractivity contribution in [1.82, 2.24) is 0 Å². The molecule has 0 amide bonds.